The monoisotopic (exact) mass is 289 g/mol. The Kier molecular flexibility index (Phi) is 2.86. The highest BCUT2D eigenvalue weighted by Crippen LogP contribution is 2.48. The Morgan fingerprint density at radius 3 is 2.32 bits per heavy atom. The van der Waals surface area contributed by atoms with E-state index in [1.165, 1.54) is 27.6 Å². The summed E-state index contributed by atoms with van der Waals surface area (Å²) in [7, 11) is 0. The van der Waals surface area contributed by atoms with Gasteiger partial charge in [0, 0.05) is 5.39 Å². The summed E-state index contributed by atoms with van der Waals surface area (Å²) in [5.41, 5.74) is 5.71. The molecule has 0 atom stereocenters. The molecule has 0 bridgehead atoms. The van der Waals surface area contributed by atoms with Gasteiger partial charge in [0.15, 0.2) is 0 Å². The fourth-order valence-corrected chi connectivity index (χ4v) is 3.19. The normalized spacial score (nSPS) is 11.3. The first kappa shape index (κ1) is 12.9. The van der Waals surface area contributed by atoms with E-state index >= 15 is 0 Å². The SMILES string of the molecule is CCOC(=O)Nc1ccc2c3c(cccc13)-c1ccccc1-2. The van der Waals surface area contributed by atoms with Crippen molar-refractivity contribution in [2.75, 3.05) is 11.9 Å². The molecular weight excluding hydrogens is 274 g/mol. The van der Waals surface area contributed by atoms with Crippen molar-refractivity contribution in [1.82, 2.24) is 0 Å². The summed E-state index contributed by atoms with van der Waals surface area (Å²) >= 11 is 0. The number of hydrogen-bond donors (Lipinski definition) is 1. The van der Waals surface area contributed by atoms with Crippen LogP contribution in [-0.4, -0.2) is 12.7 Å². The van der Waals surface area contributed by atoms with Gasteiger partial charge in [-0.05, 0) is 40.6 Å². The summed E-state index contributed by atoms with van der Waals surface area (Å²) in [6.45, 7) is 2.15. The Morgan fingerprint density at radius 2 is 1.59 bits per heavy atom. The largest absolute Gasteiger partial charge is 0.450 e. The van der Waals surface area contributed by atoms with Crippen LogP contribution in [0.4, 0.5) is 10.5 Å². The predicted molar refractivity (Wildman–Crippen MR) is 89.0 cm³/mol. The molecule has 0 unspecified atom stereocenters. The van der Waals surface area contributed by atoms with Gasteiger partial charge in [-0.15, -0.1) is 0 Å². The van der Waals surface area contributed by atoms with Crippen LogP contribution in [-0.2, 0) is 4.74 Å². The first-order chi connectivity index (χ1) is 10.8. The Morgan fingerprint density at radius 1 is 0.909 bits per heavy atom. The number of hydrogen-bond acceptors (Lipinski definition) is 2. The molecule has 1 N–H and O–H groups in total. The number of fused-ring (bicyclic) bond motifs is 3. The van der Waals surface area contributed by atoms with Crippen molar-refractivity contribution in [1.29, 1.82) is 0 Å². The molecule has 0 radical (unpaired) electrons. The van der Waals surface area contributed by atoms with E-state index in [0.717, 1.165) is 11.1 Å². The van der Waals surface area contributed by atoms with Crippen LogP contribution in [0.25, 0.3) is 33.0 Å². The fraction of sp³-hybridized carbons (Fsp3) is 0.105. The van der Waals surface area contributed by atoms with Gasteiger partial charge in [-0.2, -0.15) is 0 Å². The molecule has 0 fully saturated rings. The quantitative estimate of drug-likeness (QED) is 0.560. The molecule has 3 aromatic carbocycles. The van der Waals surface area contributed by atoms with Crippen LogP contribution in [0.5, 0.6) is 0 Å². The van der Waals surface area contributed by atoms with Crippen LogP contribution in [0.15, 0.2) is 54.6 Å². The lowest BCUT2D eigenvalue weighted by molar-refractivity contribution is 0.168. The van der Waals surface area contributed by atoms with Crippen LogP contribution >= 0.6 is 0 Å². The lowest BCUT2D eigenvalue weighted by Gasteiger charge is -2.10. The minimum absolute atomic E-state index is 0.360. The minimum Gasteiger partial charge on any atom is -0.450 e. The van der Waals surface area contributed by atoms with Crippen molar-refractivity contribution < 1.29 is 9.53 Å². The highest BCUT2D eigenvalue weighted by atomic mass is 16.5. The number of anilines is 1. The average Bonchev–Trinajstić information content (AvgIpc) is 2.86. The zero-order valence-electron chi connectivity index (χ0n) is 12.2. The van der Waals surface area contributed by atoms with Crippen LogP contribution in [0.1, 0.15) is 6.92 Å². The lowest BCUT2D eigenvalue weighted by atomic mass is 10.0. The van der Waals surface area contributed by atoms with Crippen molar-refractivity contribution in [2.24, 2.45) is 0 Å². The third kappa shape index (κ3) is 1.79. The maximum atomic E-state index is 11.7. The van der Waals surface area contributed by atoms with Crippen molar-refractivity contribution in [3.8, 4) is 22.3 Å². The van der Waals surface area contributed by atoms with Crippen LogP contribution in [0.3, 0.4) is 0 Å². The molecule has 3 aromatic rings. The second-order valence-corrected chi connectivity index (χ2v) is 5.28. The molecule has 0 aromatic heterocycles. The van der Waals surface area contributed by atoms with Gasteiger partial charge in [0.1, 0.15) is 0 Å². The first-order valence-corrected chi connectivity index (χ1v) is 7.39. The third-order valence-corrected chi connectivity index (χ3v) is 4.06. The van der Waals surface area contributed by atoms with E-state index in [2.05, 4.69) is 41.7 Å². The summed E-state index contributed by atoms with van der Waals surface area (Å²) in [6.07, 6.45) is -0.418. The molecule has 3 heteroatoms. The molecule has 0 saturated carbocycles. The standard InChI is InChI=1S/C19H15NO2/c1-2-22-19(21)20-17-11-10-15-13-7-4-3-6-12(13)14-8-5-9-16(17)18(14)15/h3-11H,2H2,1H3,(H,20,21). The van der Waals surface area contributed by atoms with Crippen molar-refractivity contribution >= 4 is 22.6 Å². The van der Waals surface area contributed by atoms with E-state index in [-0.39, 0.29) is 0 Å². The number of benzene rings is 3. The molecule has 1 aliphatic carbocycles. The highest BCUT2D eigenvalue weighted by molar-refractivity contribution is 6.19. The number of ether oxygens (including phenoxy) is 1. The zero-order chi connectivity index (χ0) is 15.1. The Bertz CT molecular complexity index is 870. The topological polar surface area (TPSA) is 38.3 Å². The van der Waals surface area contributed by atoms with Crippen LogP contribution in [0.2, 0.25) is 0 Å². The number of amides is 1. The van der Waals surface area contributed by atoms with Crippen LogP contribution in [0, 0.1) is 0 Å². The summed E-state index contributed by atoms with van der Waals surface area (Å²) in [5.74, 6) is 0. The highest BCUT2D eigenvalue weighted by Gasteiger charge is 2.22. The molecule has 1 amide bonds. The second kappa shape index (κ2) is 4.88. The third-order valence-electron chi connectivity index (χ3n) is 4.06. The number of carbonyl (C=O) groups is 1. The van der Waals surface area contributed by atoms with E-state index < -0.39 is 6.09 Å². The average molecular weight is 289 g/mol. The van der Waals surface area contributed by atoms with E-state index in [4.69, 9.17) is 4.74 Å². The summed E-state index contributed by atoms with van der Waals surface area (Å²) in [4.78, 5) is 11.7. The van der Waals surface area contributed by atoms with Gasteiger partial charge in [0.2, 0.25) is 0 Å². The molecule has 4 rings (SSSR count). The Balaban J connectivity index is 1.92. The van der Waals surface area contributed by atoms with Crippen molar-refractivity contribution in [3.05, 3.63) is 54.6 Å². The fourth-order valence-electron chi connectivity index (χ4n) is 3.19. The molecule has 0 spiro atoms. The zero-order valence-corrected chi connectivity index (χ0v) is 12.2. The van der Waals surface area contributed by atoms with E-state index in [1.54, 1.807) is 6.92 Å². The smallest absolute Gasteiger partial charge is 0.411 e. The van der Waals surface area contributed by atoms with Gasteiger partial charge in [-0.3, -0.25) is 5.32 Å². The summed E-state index contributed by atoms with van der Waals surface area (Å²) < 4.78 is 4.98. The van der Waals surface area contributed by atoms with Crippen LogP contribution < -0.4 is 5.32 Å². The second-order valence-electron chi connectivity index (χ2n) is 5.28. The number of nitrogens with one attached hydrogen (secondary N) is 1. The lowest BCUT2D eigenvalue weighted by Crippen LogP contribution is -2.13. The molecule has 108 valence electrons. The molecule has 22 heavy (non-hydrogen) atoms. The predicted octanol–water partition coefficient (Wildman–Crippen LogP) is 5.06. The molecule has 0 saturated heterocycles. The van der Waals surface area contributed by atoms with E-state index in [9.17, 15) is 4.79 Å². The molecule has 1 aliphatic rings. The van der Waals surface area contributed by atoms with Crippen molar-refractivity contribution in [3.63, 3.8) is 0 Å². The van der Waals surface area contributed by atoms with Gasteiger partial charge in [0.25, 0.3) is 0 Å². The van der Waals surface area contributed by atoms with Gasteiger partial charge in [0.05, 0.1) is 12.3 Å². The molecule has 0 aliphatic heterocycles. The van der Waals surface area contributed by atoms with Gasteiger partial charge in [-0.1, -0.05) is 48.5 Å². The Hall–Kier alpha value is -2.81. The van der Waals surface area contributed by atoms with Gasteiger partial charge >= 0.3 is 6.09 Å². The van der Waals surface area contributed by atoms with Gasteiger partial charge < -0.3 is 4.74 Å². The minimum atomic E-state index is -0.418. The molecular formula is C19H15NO2. The van der Waals surface area contributed by atoms with Gasteiger partial charge in [-0.25, -0.2) is 4.79 Å². The van der Waals surface area contributed by atoms with E-state index in [0.29, 0.717) is 6.61 Å². The molecule has 0 heterocycles. The first-order valence-electron chi connectivity index (χ1n) is 7.39. The number of carbonyl (C=O) groups excluding carboxylic acids is 1. The van der Waals surface area contributed by atoms with Crippen molar-refractivity contribution in [2.45, 2.75) is 6.92 Å². The van der Waals surface area contributed by atoms with E-state index in [1.807, 2.05) is 18.2 Å². The molecule has 3 nitrogen and oxygen atoms in total. The maximum absolute atomic E-state index is 11.7. The number of rotatable bonds is 2. The Labute approximate surface area is 128 Å². The summed E-state index contributed by atoms with van der Waals surface area (Å²) in [6, 6.07) is 18.6. The maximum Gasteiger partial charge on any atom is 0.411 e. The summed E-state index contributed by atoms with van der Waals surface area (Å²) in [5, 5.41) is 5.07.